The number of carbonyl (C=O) groups is 2. The first-order chi connectivity index (χ1) is 10.0. The minimum absolute atomic E-state index is 0.0727. The number of nitrogens with one attached hydrogen (secondary N) is 1. The van der Waals surface area contributed by atoms with E-state index in [0.717, 1.165) is 0 Å². The second-order valence-corrected chi connectivity index (χ2v) is 4.29. The molecule has 0 aliphatic heterocycles. The molecular formula is C14H12N2O5. The van der Waals surface area contributed by atoms with E-state index in [0.29, 0.717) is 5.69 Å². The number of Topliss-reactive ketones (excluding diaryl/α,β-unsaturated/α-hetero) is 1. The lowest BCUT2D eigenvalue weighted by Crippen LogP contribution is -2.15. The molecule has 0 saturated heterocycles. The van der Waals surface area contributed by atoms with E-state index in [-0.39, 0.29) is 22.6 Å². The number of aromatic amines is 1. The molecule has 0 unspecified atom stereocenters. The Morgan fingerprint density at radius 1 is 1.29 bits per heavy atom. The van der Waals surface area contributed by atoms with Crippen molar-refractivity contribution in [3.8, 4) is 0 Å². The Bertz CT molecular complexity index is 691. The number of carbonyl (C=O) groups excluding carboxylic acids is 2. The van der Waals surface area contributed by atoms with E-state index < -0.39 is 17.5 Å². The highest BCUT2D eigenvalue weighted by atomic mass is 16.6. The molecule has 2 rings (SSSR count). The van der Waals surface area contributed by atoms with Crippen LogP contribution in [-0.4, -0.2) is 28.3 Å². The summed E-state index contributed by atoms with van der Waals surface area (Å²) in [6, 6.07) is 7.34. The zero-order valence-corrected chi connectivity index (χ0v) is 11.2. The first-order valence-electron chi connectivity index (χ1n) is 6.08. The summed E-state index contributed by atoms with van der Waals surface area (Å²) in [4.78, 5) is 36.5. The molecule has 1 N–H and O–H groups in total. The molecule has 7 nitrogen and oxygen atoms in total. The first-order valence-corrected chi connectivity index (χ1v) is 6.08. The van der Waals surface area contributed by atoms with Crippen LogP contribution >= 0.6 is 0 Å². The average Bonchev–Trinajstić information content (AvgIpc) is 2.98. The summed E-state index contributed by atoms with van der Waals surface area (Å²) >= 11 is 0. The fourth-order valence-corrected chi connectivity index (χ4v) is 1.83. The van der Waals surface area contributed by atoms with Crippen molar-refractivity contribution in [1.82, 2.24) is 4.98 Å². The molecule has 1 aromatic heterocycles. The molecule has 0 radical (unpaired) electrons. The molecule has 0 aliphatic carbocycles. The maximum absolute atomic E-state index is 11.9. The molecule has 7 heteroatoms. The summed E-state index contributed by atoms with van der Waals surface area (Å²) in [7, 11) is 0. The highest BCUT2D eigenvalue weighted by Gasteiger charge is 2.20. The van der Waals surface area contributed by atoms with Gasteiger partial charge in [-0.1, -0.05) is 6.07 Å². The van der Waals surface area contributed by atoms with Crippen LogP contribution in [-0.2, 0) is 4.74 Å². The van der Waals surface area contributed by atoms with Crippen LogP contribution in [0.15, 0.2) is 36.5 Å². The minimum Gasteiger partial charge on any atom is -0.454 e. The number of benzene rings is 1. The predicted octanol–water partition coefficient (Wildman–Crippen LogP) is 2.27. The van der Waals surface area contributed by atoms with E-state index in [1.807, 2.05) is 0 Å². The molecule has 21 heavy (non-hydrogen) atoms. The molecule has 0 amide bonds. The second kappa shape index (κ2) is 6.00. The van der Waals surface area contributed by atoms with Gasteiger partial charge in [0.25, 0.3) is 5.69 Å². The normalized spacial score (nSPS) is 10.1. The van der Waals surface area contributed by atoms with E-state index in [1.165, 1.54) is 25.1 Å². The van der Waals surface area contributed by atoms with Crippen molar-refractivity contribution in [3.05, 3.63) is 63.5 Å². The van der Waals surface area contributed by atoms with Crippen molar-refractivity contribution < 1.29 is 19.2 Å². The van der Waals surface area contributed by atoms with Gasteiger partial charge in [0.15, 0.2) is 6.61 Å². The Morgan fingerprint density at radius 2 is 2.05 bits per heavy atom. The summed E-state index contributed by atoms with van der Waals surface area (Å²) in [5, 5.41) is 10.8. The van der Waals surface area contributed by atoms with Crippen LogP contribution in [0.4, 0.5) is 5.69 Å². The van der Waals surface area contributed by atoms with E-state index in [2.05, 4.69) is 4.98 Å². The van der Waals surface area contributed by atoms with Gasteiger partial charge >= 0.3 is 5.97 Å². The van der Waals surface area contributed by atoms with Gasteiger partial charge < -0.3 is 9.72 Å². The fraction of sp³-hybridized carbons (Fsp3) is 0.143. The maximum atomic E-state index is 11.9. The highest BCUT2D eigenvalue weighted by Crippen LogP contribution is 2.21. The lowest BCUT2D eigenvalue weighted by Gasteiger charge is -2.06. The van der Waals surface area contributed by atoms with Crippen LogP contribution in [0.25, 0.3) is 0 Å². The minimum atomic E-state index is -0.767. The number of nitro benzene ring substituents is 1. The molecule has 1 aromatic carbocycles. The standard InChI is InChI=1S/C14H12N2O5/c1-9-10(4-2-6-12(9)16(19)20)14(18)21-8-13(17)11-5-3-7-15-11/h2-7,15H,8H2,1H3. The van der Waals surface area contributed by atoms with Gasteiger partial charge in [-0.25, -0.2) is 4.79 Å². The molecule has 2 aromatic rings. The summed E-state index contributed by atoms with van der Waals surface area (Å²) in [5.41, 5.74) is 0.446. The Balaban J connectivity index is 2.09. The summed E-state index contributed by atoms with van der Waals surface area (Å²) < 4.78 is 4.90. The number of H-pyrrole nitrogens is 1. The molecule has 0 saturated carbocycles. The quantitative estimate of drug-likeness (QED) is 0.393. The number of nitrogens with zero attached hydrogens (tertiary/aromatic N) is 1. The molecule has 1 heterocycles. The zero-order chi connectivity index (χ0) is 15.4. The topological polar surface area (TPSA) is 102 Å². The maximum Gasteiger partial charge on any atom is 0.339 e. The predicted molar refractivity (Wildman–Crippen MR) is 73.2 cm³/mol. The van der Waals surface area contributed by atoms with Crippen LogP contribution in [0.2, 0.25) is 0 Å². The second-order valence-electron chi connectivity index (χ2n) is 4.29. The number of esters is 1. The average molecular weight is 288 g/mol. The first kappa shape index (κ1) is 14.4. The molecule has 0 aliphatic rings. The third kappa shape index (κ3) is 3.14. The van der Waals surface area contributed by atoms with Crippen LogP contribution in [0.1, 0.15) is 26.4 Å². The number of ketones is 1. The number of rotatable bonds is 5. The molecule has 0 spiro atoms. The molecule has 0 atom stereocenters. The molecule has 0 fully saturated rings. The van der Waals surface area contributed by atoms with Crippen molar-refractivity contribution in [2.75, 3.05) is 6.61 Å². The highest BCUT2D eigenvalue weighted by molar-refractivity contribution is 5.98. The largest absolute Gasteiger partial charge is 0.454 e. The van der Waals surface area contributed by atoms with Crippen molar-refractivity contribution in [3.63, 3.8) is 0 Å². The summed E-state index contributed by atoms with van der Waals surface area (Å²) in [5.74, 6) is -1.15. The van der Waals surface area contributed by atoms with Crippen LogP contribution in [0, 0.1) is 17.0 Å². The van der Waals surface area contributed by atoms with Crippen molar-refractivity contribution in [2.45, 2.75) is 6.92 Å². The lowest BCUT2D eigenvalue weighted by atomic mass is 10.1. The Morgan fingerprint density at radius 3 is 2.67 bits per heavy atom. The van der Waals surface area contributed by atoms with E-state index >= 15 is 0 Å². The third-order valence-corrected chi connectivity index (χ3v) is 2.95. The zero-order valence-electron chi connectivity index (χ0n) is 11.2. The smallest absolute Gasteiger partial charge is 0.339 e. The van der Waals surface area contributed by atoms with Crippen LogP contribution < -0.4 is 0 Å². The van der Waals surface area contributed by atoms with Crippen molar-refractivity contribution >= 4 is 17.4 Å². The number of aromatic nitrogens is 1. The summed E-state index contributed by atoms with van der Waals surface area (Å²) in [6.45, 7) is 1.03. The third-order valence-electron chi connectivity index (χ3n) is 2.95. The van der Waals surface area contributed by atoms with Crippen LogP contribution in [0.5, 0.6) is 0 Å². The van der Waals surface area contributed by atoms with Crippen molar-refractivity contribution in [2.24, 2.45) is 0 Å². The van der Waals surface area contributed by atoms with Gasteiger partial charge in [0.05, 0.1) is 16.2 Å². The number of hydrogen-bond donors (Lipinski definition) is 1. The lowest BCUT2D eigenvalue weighted by molar-refractivity contribution is -0.385. The van der Waals surface area contributed by atoms with E-state index in [4.69, 9.17) is 4.74 Å². The van der Waals surface area contributed by atoms with Gasteiger partial charge in [0.1, 0.15) is 0 Å². The van der Waals surface area contributed by atoms with Gasteiger partial charge in [-0.05, 0) is 25.1 Å². The monoisotopic (exact) mass is 288 g/mol. The SMILES string of the molecule is Cc1c(C(=O)OCC(=O)c2ccc[nH]2)cccc1[N+](=O)[O-]. The number of hydrogen-bond acceptors (Lipinski definition) is 5. The van der Waals surface area contributed by atoms with Crippen molar-refractivity contribution in [1.29, 1.82) is 0 Å². The van der Waals surface area contributed by atoms with Gasteiger partial charge in [0.2, 0.25) is 5.78 Å². The Hall–Kier alpha value is -2.96. The van der Waals surface area contributed by atoms with E-state index in [9.17, 15) is 19.7 Å². The number of ether oxygens (including phenoxy) is 1. The molecule has 0 bridgehead atoms. The van der Waals surface area contributed by atoms with Gasteiger partial charge in [0, 0.05) is 17.8 Å². The Labute approximate surface area is 119 Å². The molecular weight excluding hydrogens is 276 g/mol. The molecule has 108 valence electrons. The Kier molecular flexibility index (Phi) is 4.13. The summed E-state index contributed by atoms with van der Waals surface area (Å²) in [6.07, 6.45) is 1.58. The van der Waals surface area contributed by atoms with Gasteiger partial charge in [-0.15, -0.1) is 0 Å². The van der Waals surface area contributed by atoms with E-state index in [1.54, 1.807) is 18.3 Å². The number of nitro groups is 1. The van der Waals surface area contributed by atoms with Gasteiger partial charge in [-0.2, -0.15) is 0 Å². The fourth-order valence-electron chi connectivity index (χ4n) is 1.83. The van der Waals surface area contributed by atoms with Crippen LogP contribution in [0.3, 0.4) is 0 Å². The van der Waals surface area contributed by atoms with Gasteiger partial charge in [-0.3, -0.25) is 14.9 Å².